The molecule has 54 heavy (non-hydrogen) atoms. The molecule has 0 unspecified atom stereocenters. The summed E-state index contributed by atoms with van der Waals surface area (Å²) in [4.78, 5) is 0. The van der Waals surface area contributed by atoms with Crippen molar-refractivity contribution in [3.63, 3.8) is 0 Å². The predicted octanol–water partition coefficient (Wildman–Crippen LogP) is 11.6. The van der Waals surface area contributed by atoms with E-state index in [1.165, 1.54) is 30.3 Å². The zero-order valence-corrected chi connectivity index (χ0v) is 29.5. The van der Waals surface area contributed by atoms with E-state index in [1.54, 1.807) is 20.8 Å². The Morgan fingerprint density at radius 2 is 1.33 bits per heavy atom. The molecule has 5 aromatic rings. The lowest BCUT2D eigenvalue weighted by atomic mass is 9.83. The van der Waals surface area contributed by atoms with Crippen molar-refractivity contribution in [2.24, 2.45) is 5.92 Å². The maximum atomic E-state index is 15.8. The highest BCUT2D eigenvalue weighted by molar-refractivity contribution is 5.90. The summed E-state index contributed by atoms with van der Waals surface area (Å²) < 4.78 is 148. The number of halogens is 9. The first kappa shape index (κ1) is 38.7. The topological polar surface area (TPSA) is 27.7 Å². The summed E-state index contributed by atoms with van der Waals surface area (Å²) in [6.45, 7) is 7.25. The summed E-state index contributed by atoms with van der Waals surface area (Å²) in [6, 6.07) is 11.5. The van der Waals surface area contributed by atoms with Crippen LogP contribution in [0.5, 0.6) is 5.75 Å². The molecule has 0 bridgehead atoms. The fourth-order valence-electron chi connectivity index (χ4n) is 6.31. The van der Waals surface area contributed by atoms with E-state index in [2.05, 4.69) is 11.8 Å². The van der Waals surface area contributed by atoms with Gasteiger partial charge in [0.05, 0.1) is 24.2 Å². The molecule has 3 nitrogen and oxygen atoms in total. The lowest BCUT2D eigenvalue weighted by Crippen LogP contribution is -2.47. The van der Waals surface area contributed by atoms with Crippen molar-refractivity contribution in [1.29, 1.82) is 0 Å². The van der Waals surface area contributed by atoms with E-state index >= 15 is 26.3 Å². The molecular weight excluding hydrogens is 723 g/mol. The first-order valence-electron chi connectivity index (χ1n) is 17.0. The number of rotatable bonds is 7. The van der Waals surface area contributed by atoms with E-state index in [-0.39, 0.29) is 63.5 Å². The number of benzene rings is 5. The standard InChI is InChI=1S/C42H33F9O3/c1-5-6-23-20-52-40(53-21-23)42(50,51)54-27-18-31(41(2,3)4)30(33(44)19-27)10-7-22-13-25-9-12-29(38(48)37(25)34(45)14-22)24-8-11-28(32(43)15-24)26-16-35(46)39(49)36(47)17-26/h8-9,11-19,23,40H,5-6,20-21H2,1-4H3. The highest BCUT2D eigenvalue weighted by Crippen LogP contribution is 2.37. The third-order valence-corrected chi connectivity index (χ3v) is 8.98. The predicted molar refractivity (Wildman–Crippen MR) is 185 cm³/mol. The molecule has 0 atom stereocenters. The van der Waals surface area contributed by atoms with Gasteiger partial charge in [0.15, 0.2) is 17.5 Å². The smallest absolute Gasteiger partial charge is 0.429 e. The zero-order valence-electron chi connectivity index (χ0n) is 29.5. The van der Waals surface area contributed by atoms with E-state index in [0.717, 1.165) is 37.1 Å². The zero-order chi connectivity index (χ0) is 39.1. The maximum absolute atomic E-state index is 15.8. The molecule has 0 radical (unpaired) electrons. The Morgan fingerprint density at radius 3 is 1.96 bits per heavy atom. The van der Waals surface area contributed by atoms with E-state index in [4.69, 9.17) is 14.2 Å². The van der Waals surface area contributed by atoms with Gasteiger partial charge < -0.3 is 14.2 Å². The first-order valence-corrected chi connectivity index (χ1v) is 17.0. The van der Waals surface area contributed by atoms with Crippen LogP contribution in [0.1, 0.15) is 57.2 Å². The van der Waals surface area contributed by atoms with Gasteiger partial charge in [-0.1, -0.05) is 70.2 Å². The van der Waals surface area contributed by atoms with Gasteiger partial charge >= 0.3 is 6.11 Å². The molecule has 5 aromatic carbocycles. The van der Waals surface area contributed by atoms with Crippen molar-refractivity contribution in [2.75, 3.05) is 13.2 Å². The molecule has 1 heterocycles. The maximum Gasteiger partial charge on any atom is 0.451 e. The van der Waals surface area contributed by atoms with E-state index in [1.807, 2.05) is 6.92 Å². The minimum Gasteiger partial charge on any atom is -0.429 e. The van der Waals surface area contributed by atoms with Gasteiger partial charge in [-0.2, -0.15) is 8.78 Å². The Balaban J connectivity index is 1.28. The monoisotopic (exact) mass is 756 g/mol. The van der Waals surface area contributed by atoms with Gasteiger partial charge in [0.1, 0.15) is 29.0 Å². The quantitative estimate of drug-likeness (QED) is 0.0940. The van der Waals surface area contributed by atoms with Crippen molar-refractivity contribution in [3.8, 4) is 39.8 Å². The molecule has 0 aliphatic carbocycles. The van der Waals surface area contributed by atoms with Crippen LogP contribution in [0.25, 0.3) is 33.0 Å². The molecule has 0 amide bonds. The van der Waals surface area contributed by atoms with Crippen molar-refractivity contribution >= 4 is 10.8 Å². The lowest BCUT2D eigenvalue weighted by molar-refractivity contribution is -0.352. The molecule has 0 aromatic heterocycles. The van der Waals surface area contributed by atoms with Crippen LogP contribution in [0.3, 0.4) is 0 Å². The largest absolute Gasteiger partial charge is 0.451 e. The second kappa shape index (κ2) is 15.0. The van der Waals surface area contributed by atoms with Crippen LogP contribution in [0, 0.1) is 58.5 Å². The highest BCUT2D eigenvalue weighted by Gasteiger charge is 2.47. The van der Waals surface area contributed by atoms with Gasteiger partial charge in [0, 0.05) is 28.7 Å². The normalized spacial score (nSPS) is 16.3. The minimum absolute atomic E-state index is 0.0169. The van der Waals surface area contributed by atoms with Gasteiger partial charge in [0.25, 0.3) is 6.29 Å². The molecule has 0 N–H and O–H groups in total. The lowest BCUT2D eigenvalue weighted by Gasteiger charge is -2.33. The second-order valence-electron chi connectivity index (χ2n) is 14.1. The van der Waals surface area contributed by atoms with Crippen LogP contribution in [-0.4, -0.2) is 25.6 Å². The molecule has 6 rings (SSSR count). The van der Waals surface area contributed by atoms with E-state index in [0.29, 0.717) is 12.1 Å². The van der Waals surface area contributed by atoms with Gasteiger partial charge in [-0.15, -0.1) is 0 Å². The van der Waals surface area contributed by atoms with Crippen molar-refractivity contribution in [2.45, 2.75) is 58.4 Å². The Bertz CT molecular complexity index is 2270. The Labute approximate surface area is 305 Å². The van der Waals surface area contributed by atoms with E-state index in [9.17, 15) is 13.2 Å². The van der Waals surface area contributed by atoms with Crippen LogP contribution in [0.4, 0.5) is 39.5 Å². The number of hydrogen-bond donors (Lipinski definition) is 0. The summed E-state index contributed by atoms with van der Waals surface area (Å²) in [6.07, 6.45) is -4.33. The highest BCUT2D eigenvalue weighted by atomic mass is 19.3. The van der Waals surface area contributed by atoms with Crippen molar-refractivity contribution in [1.82, 2.24) is 0 Å². The number of hydrogen-bond acceptors (Lipinski definition) is 3. The first-order chi connectivity index (χ1) is 25.5. The third kappa shape index (κ3) is 7.93. The fourth-order valence-corrected chi connectivity index (χ4v) is 6.31. The van der Waals surface area contributed by atoms with Crippen LogP contribution < -0.4 is 4.74 Å². The molecular formula is C42H33F9O3. The fraction of sp³-hybridized carbons (Fsp3) is 0.286. The molecule has 282 valence electrons. The number of fused-ring (bicyclic) bond motifs is 1. The van der Waals surface area contributed by atoms with Gasteiger partial charge in [0.2, 0.25) is 0 Å². The molecule has 1 saturated heterocycles. The Morgan fingerprint density at radius 1 is 0.685 bits per heavy atom. The van der Waals surface area contributed by atoms with Gasteiger partial charge in [-0.3, -0.25) is 0 Å². The molecule has 0 saturated carbocycles. The van der Waals surface area contributed by atoms with Crippen LogP contribution in [0.2, 0.25) is 0 Å². The number of ether oxygens (including phenoxy) is 3. The molecule has 12 heteroatoms. The third-order valence-electron chi connectivity index (χ3n) is 8.98. The molecule has 1 aliphatic heterocycles. The SMILES string of the molecule is CCCC1COC(C(F)(F)Oc2cc(F)c(C#Cc3cc(F)c4c(F)c(-c5ccc(-c6cc(F)c(F)c(F)c6)c(F)c5)ccc4c3)c(C(C)(C)C)c2)OC1. The molecule has 1 aliphatic rings. The molecule has 1 fully saturated rings. The summed E-state index contributed by atoms with van der Waals surface area (Å²) in [5, 5.41) is -0.369. The van der Waals surface area contributed by atoms with Gasteiger partial charge in [-0.05, 0) is 70.3 Å². The summed E-state index contributed by atoms with van der Waals surface area (Å²) in [5.74, 6) is -3.92. The summed E-state index contributed by atoms with van der Waals surface area (Å²) >= 11 is 0. The second-order valence-corrected chi connectivity index (χ2v) is 14.1. The Hall–Kier alpha value is -4.99. The average molecular weight is 757 g/mol. The van der Waals surface area contributed by atoms with Crippen LogP contribution in [0.15, 0.2) is 66.7 Å². The minimum atomic E-state index is -3.94. The average Bonchev–Trinajstić information content (AvgIpc) is 3.09. The van der Waals surface area contributed by atoms with Gasteiger partial charge in [-0.25, -0.2) is 30.7 Å². The number of alkyl halides is 2. The Kier molecular flexibility index (Phi) is 10.8. The summed E-state index contributed by atoms with van der Waals surface area (Å²) in [5.41, 5.74) is -1.46. The van der Waals surface area contributed by atoms with Crippen LogP contribution >= 0.6 is 0 Å². The summed E-state index contributed by atoms with van der Waals surface area (Å²) in [7, 11) is 0. The van der Waals surface area contributed by atoms with Crippen molar-refractivity contribution in [3.05, 3.63) is 124 Å². The molecule has 0 spiro atoms. The van der Waals surface area contributed by atoms with E-state index < -0.39 is 69.7 Å². The van der Waals surface area contributed by atoms with Crippen molar-refractivity contribution < 1.29 is 53.7 Å². The van der Waals surface area contributed by atoms with Crippen LogP contribution in [-0.2, 0) is 14.9 Å².